The molecule has 0 N–H and O–H groups in total. The first kappa shape index (κ1) is 14.7. The van der Waals surface area contributed by atoms with Crippen LogP contribution in [0.2, 0.25) is 0 Å². The van der Waals surface area contributed by atoms with Crippen molar-refractivity contribution in [1.82, 2.24) is 9.80 Å². The van der Waals surface area contributed by atoms with Crippen molar-refractivity contribution in [2.24, 2.45) is 0 Å². The summed E-state index contributed by atoms with van der Waals surface area (Å²) in [5.74, 6) is 1.79. The van der Waals surface area contributed by atoms with Gasteiger partial charge in [-0.2, -0.15) is 0 Å². The summed E-state index contributed by atoms with van der Waals surface area (Å²) < 4.78 is 10.7. The molecule has 1 aromatic heterocycles. The Hall–Kier alpha value is -2.27. The van der Waals surface area contributed by atoms with Crippen LogP contribution in [0, 0.1) is 0 Å². The van der Waals surface area contributed by atoms with Crippen LogP contribution < -0.4 is 4.74 Å². The summed E-state index contributed by atoms with van der Waals surface area (Å²) in [6, 6.07) is 11.7. The highest BCUT2D eigenvalue weighted by molar-refractivity contribution is 5.80. The van der Waals surface area contributed by atoms with E-state index in [1.807, 2.05) is 53.2 Å². The number of benzene rings is 1. The first-order valence-electron chi connectivity index (χ1n) is 7.35. The third kappa shape index (κ3) is 2.85. The van der Waals surface area contributed by atoms with Crippen LogP contribution in [0.3, 0.4) is 0 Å². The SMILES string of the molecule is COc1ccc(CCN2C(=O)CN(C)C2c2ccco2)cc1. The molecule has 5 nitrogen and oxygen atoms in total. The number of carbonyl (C=O) groups excluding carboxylic acids is 1. The van der Waals surface area contributed by atoms with Crippen molar-refractivity contribution < 1.29 is 13.9 Å². The van der Waals surface area contributed by atoms with E-state index < -0.39 is 0 Å². The molecule has 2 aromatic rings. The molecule has 5 heteroatoms. The number of hydrogen-bond acceptors (Lipinski definition) is 4. The molecule has 22 heavy (non-hydrogen) atoms. The molecule has 0 bridgehead atoms. The van der Waals surface area contributed by atoms with Gasteiger partial charge in [-0.05, 0) is 43.3 Å². The van der Waals surface area contributed by atoms with Gasteiger partial charge in [-0.3, -0.25) is 9.69 Å². The van der Waals surface area contributed by atoms with Gasteiger partial charge in [0.15, 0.2) is 0 Å². The Balaban J connectivity index is 1.70. The number of hydrogen-bond donors (Lipinski definition) is 0. The van der Waals surface area contributed by atoms with Crippen LogP contribution in [0.15, 0.2) is 47.1 Å². The van der Waals surface area contributed by atoms with Gasteiger partial charge in [0.2, 0.25) is 5.91 Å². The highest BCUT2D eigenvalue weighted by Gasteiger charge is 2.37. The molecule has 0 spiro atoms. The number of rotatable bonds is 5. The molecule has 1 fully saturated rings. The first-order chi connectivity index (χ1) is 10.7. The Morgan fingerprint density at radius 2 is 2.05 bits per heavy atom. The van der Waals surface area contributed by atoms with Crippen LogP contribution in [-0.2, 0) is 11.2 Å². The van der Waals surface area contributed by atoms with Crippen molar-refractivity contribution in [2.75, 3.05) is 27.2 Å². The summed E-state index contributed by atoms with van der Waals surface area (Å²) in [5, 5.41) is 0. The molecule has 1 aromatic carbocycles. The van der Waals surface area contributed by atoms with E-state index in [2.05, 4.69) is 0 Å². The van der Waals surface area contributed by atoms with E-state index in [4.69, 9.17) is 9.15 Å². The average molecular weight is 300 g/mol. The number of carbonyl (C=O) groups is 1. The van der Waals surface area contributed by atoms with Gasteiger partial charge < -0.3 is 14.1 Å². The lowest BCUT2D eigenvalue weighted by molar-refractivity contribution is -0.128. The smallest absolute Gasteiger partial charge is 0.238 e. The predicted molar refractivity (Wildman–Crippen MR) is 82.5 cm³/mol. The Kier molecular flexibility index (Phi) is 4.15. The fourth-order valence-corrected chi connectivity index (χ4v) is 2.86. The zero-order chi connectivity index (χ0) is 15.5. The summed E-state index contributed by atoms with van der Waals surface area (Å²) in [4.78, 5) is 16.1. The van der Waals surface area contributed by atoms with Gasteiger partial charge >= 0.3 is 0 Å². The summed E-state index contributed by atoms with van der Waals surface area (Å²) in [5.41, 5.74) is 1.18. The highest BCUT2D eigenvalue weighted by Crippen LogP contribution is 2.29. The molecular formula is C17H20N2O3. The molecule has 3 rings (SSSR count). The molecule has 1 amide bonds. The van der Waals surface area contributed by atoms with Crippen molar-refractivity contribution >= 4 is 5.91 Å². The fraction of sp³-hybridized carbons (Fsp3) is 0.353. The minimum atomic E-state index is -0.110. The topological polar surface area (TPSA) is 45.9 Å². The number of furan rings is 1. The Morgan fingerprint density at radius 3 is 2.68 bits per heavy atom. The summed E-state index contributed by atoms with van der Waals surface area (Å²) in [7, 11) is 3.60. The molecule has 2 heterocycles. The molecule has 1 aliphatic heterocycles. The van der Waals surface area contributed by atoms with Gasteiger partial charge in [0.25, 0.3) is 0 Å². The van der Waals surface area contributed by atoms with Crippen LogP contribution in [0.4, 0.5) is 0 Å². The third-order valence-electron chi connectivity index (χ3n) is 4.02. The normalized spacial score (nSPS) is 18.9. The zero-order valence-corrected chi connectivity index (χ0v) is 12.9. The molecule has 1 atom stereocenters. The van der Waals surface area contributed by atoms with E-state index in [9.17, 15) is 4.79 Å². The molecule has 0 radical (unpaired) electrons. The lowest BCUT2D eigenvalue weighted by Crippen LogP contribution is -2.32. The Labute approximate surface area is 130 Å². The molecule has 0 aliphatic carbocycles. The number of ether oxygens (including phenoxy) is 1. The summed E-state index contributed by atoms with van der Waals surface area (Å²) >= 11 is 0. The molecular weight excluding hydrogens is 280 g/mol. The second-order valence-corrected chi connectivity index (χ2v) is 5.49. The van der Waals surface area contributed by atoms with Crippen LogP contribution in [0.5, 0.6) is 5.75 Å². The maximum atomic E-state index is 12.2. The maximum absolute atomic E-state index is 12.2. The van der Waals surface area contributed by atoms with Crippen molar-refractivity contribution in [1.29, 1.82) is 0 Å². The largest absolute Gasteiger partial charge is 0.497 e. The Bertz CT molecular complexity index is 622. The molecule has 1 saturated heterocycles. The summed E-state index contributed by atoms with van der Waals surface area (Å²) in [6.07, 6.45) is 2.34. The number of amides is 1. The molecule has 1 aliphatic rings. The monoisotopic (exact) mass is 300 g/mol. The van der Waals surface area contributed by atoms with Crippen molar-refractivity contribution in [2.45, 2.75) is 12.6 Å². The van der Waals surface area contributed by atoms with E-state index in [-0.39, 0.29) is 12.1 Å². The van der Waals surface area contributed by atoms with Gasteiger partial charge in [0.1, 0.15) is 17.7 Å². The number of nitrogens with zero attached hydrogens (tertiary/aromatic N) is 2. The van der Waals surface area contributed by atoms with Crippen molar-refractivity contribution in [3.63, 3.8) is 0 Å². The molecule has 1 unspecified atom stereocenters. The first-order valence-corrected chi connectivity index (χ1v) is 7.35. The van der Waals surface area contributed by atoms with Crippen molar-refractivity contribution in [3.05, 3.63) is 54.0 Å². The predicted octanol–water partition coefficient (Wildman–Crippen LogP) is 2.30. The van der Waals surface area contributed by atoms with Crippen LogP contribution in [0.1, 0.15) is 17.5 Å². The lowest BCUT2D eigenvalue weighted by atomic mass is 10.1. The lowest BCUT2D eigenvalue weighted by Gasteiger charge is -2.26. The van der Waals surface area contributed by atoms with Crippen LogP contribution in [0.25, 0.3) is 0 Å². The van der Waals surface area contributed by atoms with E-state index in [1.165, 1.54) is 5.56 Å². The summed E-state index contributed by atoms with van der Waals surface area (Å²) in [6.45, 7) is 1.09. The van der Waals surface area contributed by atoms with Crippen molar-refractivity contribution in [3.8, 4) is 5.75 Å². The average Bonchev–Trinajstić information content (AvgIpc) is 3.13. The van der Waals surface area contributed by atoms with E-state index >= 15 is 0 Å². The maximum Gasteiger partial charge on any atom is 0.238 e. The second kappa shape index (κ2) is 6.23. The minimum absolute atomic E-state index is 0.110. The molecule has 116 valence electrons. The van der Waals surface area contributed by atoms with Crippen LogP contribution in [-0.4, -0.2) is 43.0 Å². The highest BCUT2D eigenvalue weighted by atomic mass is 16.5. The van der Waals surface area contributed by atoms with Gasteiger partial charge in [-0.1, -0.05) is 12.1 Å². The van der Waals surface area contributed by atoms with E-state index in [1.54, 1.807) is 13.4 Å². The third-order valence-corrected chi connectivity index (χ3v) is 4.02. The fourth-order valence-electron chi connectivity index (χ4n) is 2.86. The number of likely N-dealkylation sites (N-methyl/N-ethyl adjacent to an activating group) is 1. The van der Waals surface area contributed by atoms with E-state index in [0.717, 1.165) is 17.9 Å². The van der Waals surface area contributed by atoms with Gasteiger partial charge in [-0.25, -0.2) is 0 Å². The quantitative estimate of drug-likeness (QED) is 0.850. The standard InChI is InChI=1S/C17H20N2O3/c1-18-12-16(20)19(17(18)15-4-3-11-22-15)10-9-13-5-7-14(21-2)8-6-13/h3-8,11,17H,9-10,12H2,1-2H3. The Morgan fingerprint density at radius 1 is 1.27 bits per heavy atom. The van der Waals surface area contributed by atoms with E-state index in [0.29, 0.717) is 13.1 Å². The molecule has 0 saturated carbocycles. The minimum Gasteiger partial charge on any atom is -0.497 e. The zero-order valence-electron chi connectivity index (χ0n) is 12.9. The van der Waals surface area contributed by atoms with Gasteiger partial charge in [0, 0.05) is 6.54 Å². The van der Waals surface area contributed by atoms with Gasteiger partial charge in [-0.15, -0.1) is 0 Å². The van der Waals surface area contributed by atoms with Gasteiger partial charge in [0.05, 0.1) is 19.9 Å². The second-order valence-electron chi connectivity index (χ2n) is 5.49. The van der Waals surface area contributed by atoms with Crippen LogP contribution >= 0.6 is 0 Å². The number of methoxy groups -OCH3 is 1.